The second-order valence-electron chi connectivity index (χ2n) is 4.43. The van der Waals surface area contributed by atoms with Crippen molar-refractivity contribution in [1.82, 2.24) is 14.4 Å². The van der Waals surface area contributed by atoms with Gasteiger partial charge in [-0.15, -0.1) is 0 Å². The Hall–Kier alpha value is -1.58. The smallest absolute Gasteiger partial charge is 0.159 e. The van der Waals surface area contributed by atoms with Gasteiger partial charge in [0.2, 0.25) is 0 Å². The summed E-state index contributed by atoms with van der Waals surface area (Å²) in [5.74, 6) is 1.10. The van der Waals surface area contributed by atoms with E-state index in [1.165, 1.54) is 25.0 Å². The molecule has 16 heavy (non-hydrogen) atoms. The maximum atomic E-state index is 4.65. The Morgan fingerprint density at radius 2 is 2.00 bits per heavy atom. The fraction of sp³-hybridized carbons (Fsp3) is 0.500. The molecule has 2 aromatic rings. The predicted octanol–water partition coefficient (Wildman–Crippen LogP) is 2.03. The first-order valence-corrected chi connectivity index (χ1v) is 5.89. The van der Waals surface area contributed by atoms with Crippen molar-refractivity contribution < 1.29 is 0 Å². The van der Waals surface area contributed by atoms with E-state index in [2.05, 4.69) is 27.9 Å². The molecule has 0 spiro atoms. The van der Waals surface area contributed by atoms with Gasteiger partial charge in [-0.05, 0) is 26.2 Å². The van der Waals surface area contributed by atoms with Crippen LogP contribution in [0.15, 0.2) is 18.6 Å². The van der Waals surface area contributed by atoms with Crippen LogP contribution in [-0.2, 0) is 0 Å². The molecule has 84 valence electrons. The molecule has 0 aliphatic carbocycles. The zero-order valence-corrected chi connectivity index (χ0v) is 9.56. The third kappa shape index (κ3) is 1.54. The van der Waals surface area contributed by atoms with Crippen LogP contribution in [0.25, 0.3) is 5.65 Å². The molecule has 4 heteroatoms. The first-order chi connectivity index (χ1) is 7.84. The number of hydrogen-bond donors (Lipinski definition) is 0. The van der Waals surface area contributed by atoms with E-state index in [9.17, 15) is 0 Å². The Morgan fingerprint density at radius 3 is 2.81 bits per heavy atom. The summed E-state index contributed by atoms with van der Waals surface area (Å²) in [7, 11) is 0. The van der Waals surface area contributed by atoms with Gasteiger partial charge in [-0.2, -0.15) is 0 Å². The number of aromatic nitrogens is 3. The molecule has 1 fully saturated rings. The number of piperidine rings is 1. The SMILES string of the molecule is Cc1cc(N2CCCCC2)nc2cncn12. The van der Waals surface area contributed by atoms with Crippen LogP contribution in [0.2, 0.25) is 0 Å². The lowest BCUT2D eigenvalue weighted by Gasteiger charge is -2.28. The number of hydrogen-bond acceptors (Lipinski definition) is 3. The van der Waals surface area contributed by atoms with Gasteiger partial charge in [0.05, 0.1) is 6.20 Å². The minimum Gasteiger partial charge on any atom is -0.356 e. The van der Waals surface area contributed by atoms with Gasteiger partial charge in [0.1, 0.15) is 12.1 Å². The van der Waals surface area contributed by atoms with Crippen LogP contribution < -0.4 is 4.90 Å². The molecule has 3 heterocycles. The summed E-state index contributed by atoms with van der Waals surface area (Å²) in [5.41, 5.74) is 2.14. The van der Waals surface area contributed by atoms with E-state index < -0.39 is 0 Å². The number of nitrogens with zero attached hydrogens (tertiary/aromatic N) is 4. The van der Waals surface area contributed by atoms with Crippen LogP contribution in [0.3, 0.4) is 0 Å². The normalized spacial score (nSPS) is 16.9. The van der Waals surface area contributed by atoms with Gasteiger partial charge in [-0.3, -0.25) is 4.40 Å². The largest absolute Gasteiger partial charge is 0.356 e. The Morgan fingerprint density at radius 1 is 1.19 bits per heavy atom. The Labute approximate surface area is 94.9 Å². The van der Waals surface area contributed by atoms with Gasteiger partial charge >= 0.3 is 0 Å². The zero-order chi connectivity index (χ0) is 11.0. The molecule has 0 aromatic carbocycles. The second-order valence-corrected chi connectivity index (χ2v) is 4.43. The average molecular weight is 216 g/mol. The topological polar surface area (TPSA) is 33.4 Å². The molecule has 0 N–H and O–H groups in total. The van der Waals surface area contributed by atoms with E-state index in [-0.39, 0.29) is 0 Å². The van der Waals surface area contributed by atoms with Gasteiger partial charge in [0.15, 0.2) is 5.65 Å². The van der Waals surface area contributed by atoms with Crippen LogP contribution in [0.4, 0.5) is 5.82 Å². The number of aryl methyl sites for hydroxylation is 1. The Bertz CT molecular complexity index is 497. The van der Waals surface area contributed by atoms with Crippen molar-refractivity contribution in [1.29, 1.82) is 0 Å². The molecular formula is C12H16N4. The highest BCUT2D eigenvalue weighted by Crippen LogP contribution is 2.19. The van der Waals surface area contributed by atoms with Crippen LogP contribution in [-0.4, -0.2) is 27.5 Å². The molecule has 2 aromatic heterocycles. The number of imidazole rings is 1. The highest BCUT2D eigenvalue weighted by molar-refractivity contribution is 5.49. The monoisotopic (exact) mass is 216 g/mol. The highest BCUT2D eigenvalue weighted by Gasteiger charge is 2.13. The molecule has 1 saturated heterocycles. The number of rotatable bonds is 1. The lowest BCUT2D eigenvalue weighted by molar-refractivity contribution is 0.573. The van der Waals surface area contributed by atoms with E-state index in [0.717, 1.165) is 24.6 Å². The van der Waals surface area contributed by atoms with Crippen molar-refractivity contribution in [3.05, 3.63) is 24.3 Å². The summed E-state index contributed by atoms with van der Waals surface area (Å²) in [4.78, 5) is 11.2. The van der Waals surface area contributed by atoms with E-state index in [4.69, 9.17) is 0 Å². The molecule has 0 saturated carbocycles. The zero-order valence-electron chi connectivity index (χ0n) is 9.56. The van der Waals surface area contributed by atoms with Gasteiger partial charge in [0, 0.05) is 24.8 Å². The number of anilines is 1. The molecule has 1 aliphatic heterocycles. The van der Waals surface area contributed by atoms with Gasteiger partial charge in [-0.1, -0.05) is 0 Å². The maximum absolute atomic E-state index is 4.65. The first kappa shape index (κ1) is 9.63. The number of fused-ring (bicyclic) bond motifs is 1. The predicted molar refractivity (Wildman–Crippen MR) is 63.8 cm³/mol. The quantitative estimate of drug-likeness (QED) is 0.731. The van der Waals surface area contributed by atoms with Gasteiger partial charge in [0.25, 0.3) is 0 Å². The molecule has 0 bridgehead atoms. The fourth-order valence-electron chi connectivity index (χ4n) is 2.33. The summed E-state index contributed by atoms with van der Waals surface area (Å²) in [6.45, 7) is 4.37. The van der Waals surface area contributed by atoms with Crippen molar-refractivity contribution in [3.63, 3.8) is 0 Å². The van der Waals surface area contributed by atoms with Crippen molar-refractivity contribution in [3.8, 4) is 0 Å². The molecule has 3 rings (SSSR count). The second kappa shape index (κ2) is 3.77. The molecule has 0 radical (unpaired) electrons. The summed E-state index contributed by atoms with van der Waals surface area (Å²) < 4.78 is 2.02. The Kier molecular flexibility index (Phi) is 2.27. The van der Waals surface area contributed by atoms with E-state index in [1.807, 2.05) is 16.9 Å². The molecule has 1 aliphatic rings. The fourth-order valence-corrected chi connectivity index (χ4v) is 2.33. The minimum absolute atomic E-state index is 0.945. The Balaban J connectivity index is 2.02. The van der Waals surface area contributed by atoms with Crippen LogP contribution in [0, 0.1) is 6.92 Å². The van der Waals surface area contributed by atoms with Crippen LogP contribution in [0.5, 0.6) is 0 Å². The molecule has 4 nitrogen and oxygen atoms in total. The van der Waals surface area contributed by atoms with Crippen LogP contribution >= 0.6 is 0 Å². The van der Waals surface area contributed by atoms with Crippen molar-refractivity contribution >= 4 is 11.5 Å². The summed E-state index contributed by atoms with van der Waals surface area (Å²) in [6, 6.07) is 2.15. The third-order valence-corrected chi connectivity index (χ3v) is 3.25. The standard InChI is InChI=1S/C12H16N4/c1-10-7-11(15-5-3-2-4-6-15)14-12-8-13-9-16(10)12/h7-9H,2-6H2,1H3. The van der Waals surface area contributed by atoms with Crippen molar-refractivity contribution in [2.75, 3.05) is 18.0 Å². The van der Waals surface area contributed by atoms with Crippen molar-refractivity contribution in [2.24, 2.45) is 0 Å². The maximum Gasteiger partial charge on any atom is 0.159 e. The molecule has 0 amide bonds. The molecule has 0 atom stereocenters. The lowest BCUT2D eigenvalue weighted by atomic mass is 10.1. The van der Waals surface area contributed by atoms with Crippen molar-refractivity contribution in [2.45, 2.75) is 26.2 Å². The highest BCUT2D eigenvalue weighted by atomic mass is 15.2. The van der Waals surface area contributed by atoms with E-state index in [1.54, 1.807) is 0 Å². The first-order valence-electron chi connectivity index (χ1n) is 5.89. The average Bonchev–Trinajstić information content (AvgIpc) is 2.79. The summed E-state index contributed by atoms with van der Waals surface area (Å²) in [5, 5.41) is 0. The van der Waals surface area contributed by atoms with Crippen LogP contribution in [0.1, 0.15) is 25.0 Å². The third-order valence-electron chi connectivity index (χ3n) is 3.25. The minimum atomic E-state index is 0.945. The van der Waals surface area contributed by atoms with E-state index >= 15 is 0 Å². The summed E-state index contributed by atoms with van der Waals surface area (Å²) >= 11 is 0. The lowest BCUT2D eigenvalue weighted by Crippen LogP contribution is -2.30. The summed E-state index contributed by atoms with van der Waals surface area (Å²) in [6.07, 6.45) is 7.55. The van der Waals surface area contributed by atoms with Gasteiger partial charge < -0.3 is 4.90 Å². The molecule has 0 unspecified atom stereocenters. The van der Waals surface area contributed by atoms with E-state index in [0.29, 0.717) is 0 Å². The van der Waals surface area contributed by atoms with Gasteiger partial charge in [-0.25, -0.2) is 9.97 Å². The molecular weight excluding hydrogens is 200 g/mol.